The van der Waals surface area contributed by atoms with Gasteiger partial charge in [0.2, 0.25) is 5.91 Å². The Morgan fingerprint density at radius 2 is 2.12 bits per heavy atom. The van der Waals surface area contributed by atoms with E-state index in [2.05, 4.69) is 16.9 Å². The molecule has 0 spiro atoms. The van der Waals surface area contributed by atoms with Crippen molar-refractivity contribution in [3.05, 3.63) is 66.3 Å². The van der Waals surface area contributed by atoms with Gasteiger partial charge in [-0.25, -0.2) is 4.39 Å². The Balaban J connectivity index is 2.40. The number of nitrogens with zero attached hydrogens (tertiary/aromatic N) is 1. The predicted octanol–water partition coefficient (Wildman–Crippen LogP) is 5.31. The zero-order valence-electron chi connectivity index (χ0n) is 13.6. The van der Waals surface area contributed by atoms with Gasteiger partial charge < -0.3 is 5.32 Å². The van der Waals surface area contributed by atoms with Crippen molar-refractivity contribution in [2.24, 2.45) is 0 Å². The summed E-state index contributed by atoms with van der Waals surface area (Å²) in [6.07, 6.45) is 5.48. The van der Waals surface area contributed by atoms with Crippen molar-refractivity contribution in [1.29, 1.82) is 0 Å². The minimum absolute atomic E-state index is 0.104. The molecule has 0 saturated carbocycles. The van der Waals surface area contributed by atoms with E-state index < -0.39 is 11.7 Å². The number of pyridine rings is 1. The highest BCUT2D eigenvalue weighted by Crippen LogP contribution is 2.29. The van der Waals surface area contributed by atoms with Crippen molar-refractivity contribution >= 4 is 28.2 Å². The van der Waals surface area contributed by atoms with Crippen LogP contribution >= 0.6 is 11.6 Å². The topological polar surface area (TPSA) is 42.0 Å². The van der Waals surface area contributed by atoms with Crippen LogP contribution in [0.4, 0.5) is 10.1 Å². The molecule has 1 N–H and O–H groups in total. The highest BCUT2D eigenvalue weighted by atomic mass is 35.5. The number of anilines is 1. The summed E-state index contributed by atoms with van der Waals surface area (Å²) >= 11 is 6.29. The van der Waals surface area contributed by atoms with E-state index in [4.69, 9.17) is 11.6 Å². The SMILES string of the molecule is C=CC(=O)Nc1ccc(-c2cnc(C)c(/C(Cl)=C\CC)c2)cc1F. The zero-order valence-corrected chi connectivity index (χ0v) is 14.3. The molecule has 0 fully saturated rings. The van der Waals surface area contributed by atoms with Crippen LogP contribution in [0.25, 0.3) is 16.2 Å². The Labute approximate surface area is 145 Å². The standard InChI is InChI=1S/C19H18ClFN2O/c1-4-6-16(20)15-9-14(11-22-12(15)3)13-7-8-18(17(21)10-13)23-19(24)5-2/h5-11H,2,4H2,1,3H3,(H,23,24)/b16-6+. The van der Waals surface area contributed by atoms with Crippen molar-refractivity contribution in [3.8, 4) is 11.1 Å². The quantitative estimate of drug-likeness (QED) is 0.747. The Bertz CT molecular complexity index is 815. The van der Waals surface area contributed by atoms with E-state index in [1.165, 1.54) is 12.1 Å². The summed E-state index contributed by atoms with van der Waals surface area (Å²) in [6, 6.07) is 6.46. The van der Waals surface area contributed by atoms with Gasteiger partial charge in [-0.15, -0.1) is 0 Å². The van der Waals surface area contributed by atoms with E-state index in [0.717, 1.165) is 29.3 Å². The maximum atomic E-state index is 14.2. The highest BCUT2D eigenvalue weighted by molar-refractivity contribution is 6.48. The lowest BCUT2D eigenvalue weighted by atomic mass is 10.0. The highest BCUT2D eigenvalue weighted by Gasteiger charge is 2.10. The second-order valence-electron chi connectivity index (χ2n) is 5.21. The van der Waals surface area contributed by atoms with Crippen LogP contribution in [-0.2, 0) is 4.79 Å². The summed E-state index contributed by atoms with van der Waals surface area (Å²) in [5.74, 6) is -0.988. The number of hydrogen-bond donors (Lipinski definition) is 1. The van der Waals surface area contributed by atoms with Gasteiger partial charge >= 0.3 is 0 Å². The van der Waals surface area contributed by atoms with E-state index in [0.29, 0.717) is 10.6 Å². The molecule has 0 atom stereocenters. The molecule has 1 aromatic carbocycles. The second-order valence-corrected chi connectivity index (χ2v) is 5.61. The Hall–Kier alpha value is -2.46. The van der Waals surface area contributed by atoms with E-state index in [-0.39, 0.29) is 5.69 Å². The molecular weight excluding hydrogens is 327 g/mol. The lowest BCUT2D eigenvalue weighted by Gasteiger charge is -2.10. The number of nitrogens with one attached hydrogen (secondary N) is 1. The van der Waals surface area contributed by atoms with Gasteiger partial charge in [-0.3, -0.25) is 9.78 Å². The van der Waals surface area contributed by atoms with Crippen LogP contribution in [0, 0.1) is 12.7 Å². The fourth-order valence-corrected chi connectivity index (χ4v) is 2.55. The molecule has 2 aromatic rings. The first-order chi connectivity index (χ1) is 11.5. The van der Waals surface area contributed by atoms with Crippen LogP contribution < -0.4 is 5.32 Å². The number of amides is 1. The van der Waals surface area contributed by atoms with Gasteiger partial charge in [0.25, 0.3) is 0 Å². The first-order valence-electron chi connectivity index (χ1n) is 7.52. The molecule has 124 valence electrons. The number of rotatable bonds is 5. The van der Waals surface area contributed by atoms with Crippen molar-refractivity contribution in [2.75, 3.05) is 5.32 Å². The first-order valence-corrected chi connectivity index (χ1v) is 7.90. The lowest BCUT2D eigenvalue weighted by molar-refractivity contribution is -0.111. The molecule has 1 amide bonds. The minimum atomic E-state index is -0.528. The summed E-state index contributed by atoms with van der Waals surface area (Å²) in [5.41, 5.74) is 3.13. The molecule has 0 unspecified atom stereocenters. The number of carbonyl (C=O) groups is 1. The summed E-state index contributed by atoms with van der Waals surface area (Å²) in [5, 5.41) is 3.04. The van der Waals surface area contributed by atoms with Crippen LogP contribution in [0.15, 0.2) is 49.2 Å². The summed E-state index contributed by atoms with van der Waals surface area (Å²) in [4.78, 5) is 15.6. The average molecular weight is 345 g/mol. The molecule has 0 aliphatic heterocycles. The number of hydrogen-bond acceptors (Lipinski definition) is 2. The van der Waals surface area contributed by atoms with E-state index in [9.17, 15) is 9.18 Å². The number of aryl methyl sites for hydroxylation is 1. The third kappa shape index (κ3) is 4.09. The molecule has 0 aliphatic carbocycles. The maximum Gasteiger partial charge on any atom is 0.247 e. The van der Waals surface area contributed by atoms with Crippen molar-refractivity contribution in [1.82, 2.24) is 4.98 Å². The predicted molar refractivity (Wildman–Crippen MR) is 97.3 cm³/mol. The van der Waals surface area contributed by atoms with E-state index in [1.807, 2.05) is 26.0 Å². The number of benzene rings is 1. The van der Waals surface area contributed by atoms with Gasteiger partial charge in [0.05, 0.1) is 5.69 Å². The third-order valence-corrected chi connectivity index (χ3v) is 3.83. The zero-order chi connectivity index (χ0) is 17.7. The number of aromatic nitrogens is 1. The molecule has 0 saturated heterocycles. The van der Waals surface area contributed by atoms with Gasteiger partial charge in [-0.2, -0.15) is 0 Å². The smallest absolute Gasteiger partial charge is 0.247 e. The molecule has 3 nitrogen and oxygen atoms in total. The van der Waals surface area contributed by atoms with Gasteiger partial charge in [-0.05, 0) is 43.2 Å². The van der Waals surface area contributed by atoms with Crippen LogP contribution in [0.5, 0.6) is 0 Å². The van der Waals surface area contributed by atoms with Crippen molar-refractivity contribution in [2.45, 2.75) is 20.3 Å². The van der Waals surface area contributed by atoms with Gasteiger partial charge in [0.15, 0.2) is 0 Å². The van der Waals surface area contributed by atoms with Crippen molar-refractivity contribution in [3.63, 3.8) is 0 Å². The van der Waals surface area contributed by atoms with Gasteiger partial charge in [0.1, 0.15) is 5.82 Å². The Morgan fingerprint density at radius 1 is 1.38 bits per heavy atom. The second kappa shape index (κ2) is 7.88. The summed E-state index contributed by atoms with van der Waals surface area (Å²) in [7, 11) is 0. The normalized spacial score (nSPS) is 11.2. The van der Waals surface area contributed by atoms with Gasteiger partial charge in [-0.1, -0.05) is 37.2 Å². The number of allylic oxidation sites excluding steroid dienone is 1. The molecule has 2 rings (SSSR count). The molecule has 0 bridgehead atoms. The molecule has 24 heavy (non-hydrogen) atoms. The first kappa shape index (κ1) is 17.9. The molecule has 0 aliphatic rings. The summed E-state index contributed by atoms with van der Waals surface area (Å²) < 4.78 is 14.2. The molecular formula is C19H18ClFN2O. The average Bonchev–Trinajstić information content (AvgIpc) is 2.57. The Kier molecular flexibility index (Phi) is 5.88. The minimum Gasteiger partial charge on any atom is -0.320 e. The molecule has 5 heteroatoms. The molecule has 1 heterocycles. The van der Waals surface area contributed by atoms with Crippen LogP contribution in [-0.4, -0.2) is 10.9 Å². The van der Waals surface area contributed by atoms with E-state index >= 15 is 0 Å². The molecule has 1 aromatic heterocycles. The third-order valence-electron chi connectivity index (χ3n) is 3.47. The number of halogens is 2. The fourth-order valence-electron chi connectivity index (χ4n) is 2.20. The van der Waals surface area contributed by atoms with Gasteiger partial charge in [0, 0.05) is 28.0 Å². The maximum absolute atomic E-state index is 14.2. The Morgan fingerprint density at radius 3 is 2.75 bits per heavy atom. The van der Waals surface area contributed by atoms with Crippen LogP contribution in [0.2, 0.25) is 0 Å². The summed E-state index contributed by atoms with van der Waals surface area (Å²) in [6.45, 7) is 7.22. The fraction of sp³-hybridized carbons (Fsp3) is 0.158. The van der Waals surface area contributed by atoms with E-state index in [1.54, 1.807) is 12.3 Å². The largest absolute Gasteiger partial charge is 0.320 e. The number of carbonyl (C=O) groups excluding carboxylic acids is 1. The van der Waals surface area contributed by atoms with Crippen LogP contribution in [0.3, 0.4) is 0 Å². The van der Waals surface area contributed by atoms with Crippen molar-refractivity contribution < 1.29 is 9.18 Å². The monoisotopic (exact) mass is 344 g/mol. The molecule has 0 radical (unpaired) electrons. The lowest BCUT2D eigenvalue weighted by Crippen LogP contribution is -2.08. The van der Waals surface area contributed by atoms with Crippen LogP contribution in [0.1, 0.15) is 24.6 Å².